The van der Waals surface area contributed by atoms with Gasteiger partial charge in [0.05, 0.1) is 0 Å². The molecule has 2 rings (SSSR count). The van der Waals surface area contributed by atoms with E-state index in [0.717, 1.165) is 11.4 Å². The summed E-state index contributed by atoms with van der Waals surface area (Å²) < 4.78 is 0. The summed E-state index contributed by atoms with van der Waals surface area (Å²) in [6.45, 7) is 0. The molecule has 0 amide bonds. The largest absolute Gasteiger partial charge is 0.356 e. The summed E-state index contributed by atoms with van der Waals surface area (Å²) in [6, 6.07) is 20.3. The average molecular weight is 271 g/mol. The van der Waals surface area contributed by atoms with Crippen molar-refractivity contribution in [2.75, 3.05) is 5.32 Å². The van der Waals surface area contributed by atoms with Crippen LogP contribution in [0, 0.1) is 0 Å². The molecule has 74 valence electrons. The van der Waals surface area contributed by atoms with Crippen LogP contribution in [0.4, 0.5) is 11.4 Å². The van der Waals surface area contributed by atoms with Crippen molar-refractivity contribution in [3.8, 4) is 0 Å². The molecule has 3 heteroatoms. The van der Waals surface area contributed by atoms with E-state index in [1.54, 1.807) is 0 Å². The molecule has 1 nitrogen and oxygen atoms in total. The molecule has 2 aromatic carbocycles. The predicted octanol–water partition coefficient (Wildman–Crippen LogP) is 3.85. The van der Waals surface area contributed by atoms with Crippen LogP contribution >= 0.6 is 12.4 Å². The molecule has 2 aromatic rings. The van der Waals surface area contributed by atoms with Gasteiger partial charge in [0.2, 0.25) is 0 Å². The number of halogens is 1. The van der Waals surface area contributed by atoms with Gasteiger partial charge in [-0.1, -0.05) is 36.4 Å². The Bertz CT molecular complexity index is 326. The quantitative estimate of drug-likeness (QED) is 0.818. The summed E-state index contributed by atoms with van der Waals surface area (Å²) in [5, 5.41) is 3.30. The van der Waals surface area contributed by atoms with Crippen LogP contribution in [-0.4, -0.2) is 0 Å². The van der Waals surface area contributed by atoms with Crippen LogP contribution in [0.1, 0.15) is 0 Å². The van der Waals surface area contributed by atoms with Gasteiger partial charge in [0.25, 0.3) is 0 Å². The maximum absolute atomic E-state index is 3.30. The van der Waals surface area contributed by atoms with Gasteiger partial charge in [0.1, 0.15) is 0 Å². The van der Waals surface area contributed by atoms with Gasteiger partial charge < -0.3 is 5.32 Å². The summed E-state index contributed by atoms with van der Waals surface area (Å²) in [5.41, 5.74) is 2.24. The molecule has 0 aromatic heterocycles. The van der Waals surface area contributed by atoms with E-state index in [2.05, 4.69) is 5.32 Å². The van der Waals surface area contributed by atoms with Gasteiger partial charge in [-0.25, -0.2) is 0 Å². The minimum absolute atomic E-state index is 0. The van der Waals surface area contributed by atoms with Crippen molar-refractivity contribution in [1.82, 2.24) is 0 Å². The van der Waals surface area contributed by atoms with Crippen LogP contribution in [0.2, 0.25) is 0 Å². The molecule has 0 unspecified atom stereocenters. The smallest absolute Gasteiger partial charge is 0.0384 e. The number of benzene rings is 2. The maximum atomic E-state index is 3.30. The summed E-state index contributed by atoms with van der Waals surface area (Å²) in [5.74, 6) is 0. The standard InChI is InChI=1S/C12H11N.ClH.Zn/c1-3-7-11(8-4-1)13-12-9-5-2-6-10-12;;/h1-10,13H;1H;. The van der Waals surface area contributed by atoms with E-state index in [1.165, 1.54) is 0 Å². The molecule has 0 saturated heterocycles. The van der Waals surface area contributed by atoms with Crippen molar-refractivity contribution < 1.29 is 19.5 Å². The number of anilines is 2. The van der Waals surface area contributed by atoms with E-state index < -0.39 is 0 Å². The predicted molar refractivity (Wildman–Crippen MR) is 63.4 cm³/mol. The van der Waals surface area contributed by atoms with Gasteiger partial charge in [0.15, 0.2) is 0 Å². The van der Waals surface area contributed by atoms with Crippen molar-refractivity contribution in [2.45, 2.75) is 0 Å². The van der Waals surface area contributed by atoms with Gasteiger partial charge in [-0.3, -0.25) is 0 Å². The molecular formula is C12H12ClNZn. The van der Waals surface area contributed by atoms with Crippen molar-refractivity contribution >= 4 is 23.8 Å². The normalized spacial score (nSPS) is 8.27. The molecule has 0 heterocycles. The minimum Gasteiger partial charge on any atom is -0.356 e. The number of hydrogen-bond acceptors (Lipinski definition) is 1. The van der Waals surface area contributed by atoms with E-state index in [4.69, 9.17) is 0 Å². The van der Waals surface area contributed by atoms with Crippen LogP contribution in [-0.2, 0) is 19.5 Å². The fourth-order valence-corrected chi connectivity index (χ4v) is 1.21. The van der Waals surface area contributed by atoms with Crippen LogP contribution in [0.15, 0.2) is 60.7 Å². The third-order valence-corrected chi connectivity index (χ3v) is 1.84. The van der Waals surface area contributed by atoms with Crippen LogP contribution in [0.5, 0.6) is 0 Å². The van der Waals surface area contributed by atoms with Gasteiger partial charge in [-0.15, -0.1) is 12.4 Å². The summed E-state index contributed by atoms with van der Waals surface area (Å²) >= 11 is 0. The van der Waals surface area contributed by atoms with Crippen molar-refractivity contribution in [3.05, 3.63) is 60.7 Å². The third kappa shape index (κ3) is 4.46. The first-order valence-corrected chi connectivity index (χ1v) is 4.32. The van der Waals surface area contributed by atoms with E-state index in [-0.39, 0.29) is 31.9 Å². The molecule has 1 N–H and O–H groups in total. The zero-order valence-corrected chi connectivity index (χ0v) is 12.2. The molecule has 0 aliphatic heterocycles. The van der Waals surface area contributed by atoms with Gasteiger partial charge in [-0.2, -0.15) is 0 Å². The number of rotatable bonds is 2. The SMILES string of the molecule is Cl.[Zn].c1ccc(Nc2ccccc2)cc1. The molecule has 0 bridgehead atoms. The average Bonchev–Trinajstić information content (AvgIpc) is 2.21. The summed E-state index contributed by atoms with van der Waals surface area (Å²) in [6.07, 6.45) is 0. The molecule has 0 aliphatic carbocycles. The minimum atomic E-state index is 0. The number of nitrogens with one attached hydrogen (secondary N) is 1. The van der Waals surface area contributed by atoms with E-state index >= 15 is 0 Å². The summed E-state index contributed by atoms with van der Waals surface area (Å²) in [4.78, 5) is 0. The zero-order valence-electron chi connectivity index (χ0n) is 8.39. The molecule has 0 radical (unpaired) electrons. The fourth-order valence-electron chi connectivity index (χ4n) is 1.21. The Balaban J connectivity index is 0.000000980. The van der Waals surface area contributed by atoms with E-state index in [0.29, 0.717) is 0 Å². The Kier molecular flexibility index (Phi) is 7.03. The third-order valence-electron chi connectivity index (χ3n) is 1.84. The van der Waals surface area contributed by atoms with Crippen LogP contribution in [0.3, 0.4) is 0 Å². The fraction of sp³-hybridized carbons (Fsp3) is 0. The number of hydrogen-bond donors (Lipinski definition) is 1. The van der Waals surface area contributed by atoms with Gasteiger partial charge in [0, 0.05) is 30.9 Å². The topological polar surface area (TPSA) is 12.0 Å². The maximum Gasteiger partial charge on any atom is 0.0384 e. The Labute approximate surface area is 109 Å². The molecular weight excluding hydrogens is 259 g/mol. The van der Waals surface area contributed by atoms with Crippen LogP contribution in [0.25, 0.3) is 0 Å². The second kappa shape index (κ2) is 7.45. The zero-order chi connectivity index (χ0) is 8.93. The molecule has 0 fully saturated rings. The first kappa shape index (κ1) is 14.2. The van der Waals surface area contributed by atoms with Crippen molar-refractivity contribution in [1.29, 1.82) is 0 Å². The van der Waals surface area contributed by atoms with Crippen molar-refractivity contribution in [2.24, 2.45) is 0 Å². The molecule has 0 atom stereocenters. The molecule has 0 spiro atoms. The second-order valence-electron chi connectivity index (χ2n) is 2.86. The Morgan fingerprint density at radius 3 is 1.27 bits per heavy atom. The van der Waals surface area contributed by atoms with Gasteiger partial charge >= 0.3 is 0 Å². The first-order valence-electron chi connectivity index (χ1n) is 4.32. The molecule has 0 saturated carbocycles. The molecule has 0 aliphatic rings. The van der Waals surface area contributed by atoms with Gasteiger partial charge in [-0.05, 0) is 24.3 Å². The molecule has 15 heavy (non-hydrogen) atoms. The van der Waals surface area contributed by atoms with E-state index in [1.807, 2.05) is 60.7 Å². The van der Waals surface area contributed by atoms with Crippen LogP contribution < -0.4 is 5.32 Å². The summed E-state index contributed by atoms with van der Waals surface area (Å²) in [7, 11) is 0. The Morgan fingerprint density at radius 1 is 0.600 bits per heavy atom. The van der Waals surface area contributed by atoms with Crippen molar-refractivity contribution in [3.63, 3.8) is 0 Å². The monoisotopic (exact) mass is 269 g/mol. The Morgan fingerprint density at radius 2 is 0.933 bits per heavy atom. The second-order valence-corrected chi connectivity index (χ2v) is 2.86. The Hall–Kier alpha value is -0.847. The first-order chi connectivity index (χ1) is 6.45. The number of para-hydroxylation sites is 2. The van der Waals surface area contributed by atoms with E-state index in [9.17, 15) is 0 Å².